The molecule has 1 saturated heterocycles. The molecule has 1 aromatic carbocycles. The highest BCUT2D eigenvalue weighted by Gasteiger charge is 2.12. The molecule has 0 spiro atoms. The first kappa shape index (κ1) is 15.5. The zero-order valence-electron chi connectivity index (χ0n) is 13.3. The summed E-state index contributed by atoms with van der Waals surface area (Å²) in [4.78, 5) is 18.8. The van der Waals surface area contributed by atoms with Crippen LogP contribution >= 0.6 is 0 Å². The van der Waals surface area contributed by atoms with Gasteiger partial charge in [0, 0.05) is 30.1 Å². The molecular formula is C18H21N3O2. The van der Waals surface area contributed by atoms with E-state index in [4.69, 9.17) is 4.74 Å². The topological polar surface area (TPSA) is 54.5 Å². The third kappa shape index (κ3) is 4.07. The van der Waals surface area contributed by atoms with Crippen LogP contribution in [0.1, 0.15) is 28.8 Å². The van der Waals surface area contributed by atoms with Gasteiger partial charge in [0.25, 0.3) is 5.91 Å². The first-order valence-corrected chi connectivity index (χ1v) is 7.87. The highest BCUT2D eigenvalue weighted by molar-refractivity contribution is 6.04. The summed E-state index contributed by atoms with van der Waals surface area (Å²) < 4.78 is 5.05. The van der Waals surface area contributed by atoms with Gasteiger partial charge in [-0.1, -0.05) is 12.1 Å². The van der Waals surface area contributed by atoms with Crippen LogP contribution in [-0.4, -0.2) is 36.0 Å². The molecule has 1 aliphatic heterocycles. The Morgan fingerprint density at radius 1 is 1.26 bits per heavy atom. The van der Waals surface area contributed by atoms with Crippen LogP contribution in [0.2, 0.25) is 0 Å². The van der Waals surface area contributed by atoms with E-state index in [9.17, 15) is 4.79 Å². The van der Waals surface area contributed by atoms with Crippen molar-refractivity contribution in [3.63, 3.8) is 0 Å². The maximum absolute atomic E-state index is 12.3. The Hall–Kier alpha value is -2.40. The molecule has 0 radical (unpaired) electrons. The smallest absolute Gasteiger partial charge is 0.255 e. The van der Waals surface area contributed by atoms with E-state index in [2.05, 4.69) is 21.3 Å². The van der Waals surface area contributed by atoms with Crippen molar-refractivity contribution >= 4 is 11.6 Å². The molecule has 1 N–H and O–H groups in total. The van der Waals surface area contributed by atoms with E-state index in [0.717, 1.165) is 25.3 Å². The number of nitrogens with one attached hydrogen (secondary N) is 1. The van der Waals surface area contributed by atoms with E-state index in [1.807, 2.05) is 18.2 Å². The van der Waals surface area contributed by atoms with E-state index in [1.54, 1.807) is 18.3 Å². The maximum Gasteiger partial charge on any atom is 0.255 e. The Labute approximate surface area is 136 Å². The van der Waals surface area contributed by atoms with Gasteiger partial charge >= 0.3 is 0 Å². The Morgan fingerprint density at radius 3 is 2.87 bits per heavy atom. The summed E-state index contributed by atoms with van der Waals surface area (Å²) in [6, 6.07) is 11.3. The summed E-state index contributed by atoms with van der Waals surface area (Å²) in [7, 11) is 1.53. The number of pyridine rings is 1. The van der Waals surface area contributed by atoms with Crippen molar-refractivity contribution in [2.45, 2.75) is 19.4 Å². The quantitative estimate of drug-likeness (QED) is 0.922. The summed E-state index contributed by atoms with van der Waals surface area (Å²) in [6.45, 7) is 3.26. The number of amides is 1. The van der Waals surface area contributed by atoms with Gasteiger partial charge in [-0.25, -0.2) is 4.98 Å². The molecule has 0 bridgehead atoms. The number of likely N-dealkylation sites (tertiary alicyclic amines) is 1. The van der Waals surface area contributed by atoms with E-state index >= 15 is 0 Å². The summed E-state index contributed by atoms with van der Waals surface area (Å²) in [5.41, 5.74) is 2.56. The lowest BCUT2D eigenvalue weighted by Crippen LogP contribution is -2.18. The van der Waals surface area contributed by atoms with E-state index < -0.39 is 0 Å². The number of carbonyl (C=O) groups excluding carboxylic acids is 1. The fourth-order valence-corrected chi connectivity index (χ4v) is 2.81. The molecule has 5 heteroatoms. The maximum atomic E-state index is 12.3. The molecule has 1 aromatic heterocycles. The molecule has 120 valence electrons. The van der Waals surface area contributed by atoms with Crippen molar-refractivity contribution < 1.29 is 9.53 Å². The number of rotatable bonds is 5. The Morgan fingerprint density at radius 2 is 2.09 bits per heavy atom. The molecular weight excluding hydrogens is 290 g/mol. The lowest BCUT2D eigenvalue weighted by Gasteiger charge is -2.15. The molecule has 3 rings (SSSR count). The summed E-state index contributed by atoms with van der Waals surface area (Å²) in [6.07, 6.45) is 4.12. The standard InChI is InChI=1S/C18H21N3O2/c1-23-17-12-15(7-8-19-17)18(22)20-16-6-4-5-14(11-16)13-21-9-2-3-10-21/h4-8,11-12H,2-3,9-10,13H2,1H3,(H,20,22). The van der Waals surface area contributed by atoms with Gasteiger partial charge in [-0.2, -0.15) is 0 Å². The van der Waals surface area contributed by atoms with Crippen LogP contribution in [0.25, 0.3) is 0 Å². The molecule has 0 unspecified atom stereocenters. The fraction of sp³-hybridized carbons (Fsp3) is 0.333. The number of anilines is 1. The minimum Gasteiger partial charge on any atom is -0.481 e. The zero-order chi connectivity index (χ0) is 16.1. The molecule has 23 heavy (non-hydrogen) atoms. The van der Waals surface area contributed by atoms with E-state index in [-0.39, 0.29) is 5.91 Å². The van der Waals surface area contributed by atoms with Gasteiger partial charge in [-0.15, -0.1) is 0 Å². The van der Waals surface area contributed by atoms with Gasteiger partial charge < -0.3 is 10.1 Å². The number of methoxy groups -OCH3 is 1. The van der Waals surface area contributed by atoms with Crippen molar-refractivity contribution in [3.05, 3.63) is 53.7 Å². The number of nitrogens with zero attached hydrogens (tertiary/aromatic N) is 2. The normalized spacial score (nSPS) is 14.7. The van der Waals surface area contributed by atoms with Gasteiger partial charge in [0.05, 0.1) is 7.11 Å². The molecule has 0 saturated carbocycles. The number of benzene rings is 1. The van der Waals surface area contributed by atoms with Crippen molar-refractivity contribution in [2.75, 3.05) is 25.5 Å². The summed E-state index contributed by atoms with van der Waals surface area (Å²) >= 11 is 0. The minimum absolute atomic E-state index is 0.163. The van der Waals surface area contributed by atoms with Crippen molar-refractivity contribution in [1.82, 2.24) is 9.88 Å². The number of hydrogen-bond donors (Lipinski definition) is 1. The van der Waals surface area contributed by atoms with Gasteiger partial charge in [-0.3, -0.25) is 9.69 Å². The van der Waals surface area contributed by atoms with Crippen LogP contribution in [-0.2, 0) is 6.54 Å². The number of hydrogen-bond acceptors (Lipinski definition) is 4. The van der Waals surface area contributed by atoms with Crippen LogP contribution < -0.4 is 10.1 Å². The highest BCUT2D eigenvalue weighted by atomic mass is 16.5. The molecule has 2 aromatic rings. The van der Waals surface area contributed by atoms with Gasteiger partial charge in [0.2, 0.25) is 5.88 Å². The van der Waals surface area contributed by atoms with Gasteiger partial charge in [0.15, 0.2) is 0 Å². The third-order valence-electron chi connectivity index (χ3n) is 4.00. The third-order valence-corrected chi connectivity index (χ3v) is 4.00. The van der Waals surface area contributed by atoms with Crippen LogP contribution in [0.3, 0.4) is 0 Å². The Bertz CT molecular complexity index is 681. The number of carbonyl (C=O) groups is 1. The van der Waals surface area contributed by atoms with E-state index in [0.29, 0.717) is 11.4 Å². The molecule has 5 nitrogen and oxygen atoms in total. The Balaban J connectivity index is 1.68. The summed E-state index contributed by atoms with van der Waals surface area (Å²) in [5, 5.41) is 2.93. The van der Waals surface area contributed by atoms with Gasteiger partial charge in [-0.05, 0) is 49.7 Å². The first-order chi connectivity index (χ1) is 11.2. The van der Waals surface area contributed by atoms with Crippen molar-refractivity contribution in [3.8, 4) is 5.88 Å². The molecule has 1 aliphatic rings. The Kier molecular flexibility index (Phi) is 4.88. The molecule has 2 heterocycles. The van der Waals surface area contributed by atoms with Gasteiger partial charge in [0.1, 0.15) is 0 Å². The molecule has 1 fully saturated rings. The van der Waals surface area contributed by atoms with Crippen LogP contribution in [0.5, 0.6) is 5.88 Å². The van der Waals surface area contributed by atoms with Crippen molar-refractivity contribution in [2.24, 2.45) is 0 Å². The largest absolute Gasteiger partial charge is 0.481 e. The lowest BCUT2D eigenvalue weighted by molar-refractivity contribution is 0.102. The predicted octanol–water partition coefficient (Wildman–Crippen LogP) is 2.94. The first-order valence-electron chi connectivity index (χ1n) is 7.87. The average molecular weight is 311 g/mol. The van der Waals surface area contributed by atoms with Crippen LogP contribution in [0.4, 0.5) is 5.69 Å². The lowest BCUT2D eigenvalue weighted by atomic mass is 10.1. The zero-order valence-corrected chi connectivity index (χ0v) is 13.3. The van der Waals surface area contributed by atoms with E-state index in [1.165, 1.54) is 25.5 Å². The van der Waals surface area contributed by atoms with Crippen LogP contribution in [0.15, 0.2) is 42.6 Å². The SMILES string of the molecule is COc1cc(C(=O)Nc2cccc(CN3CCCC3)c2)ccn1. The fourth-order valence-electron chi connectivity index (χ4n) is 2.81. The average Bonchev–Trinajstić information content (AvgIpc) is 3.08. The number of ether oxygens (including phenoxy) is 1. The molecule has 0 aliphatic carbocycles. The molecule has 0 atom stereocenters. The second-order valence-corrected chi connectivity index (χ2v) is 5.72. The monoisotopic (exact) mass is 311 g/mol. The van der Waals surface area contributed by atoms with Crippen LogP contribution in [0, 0.1) is 0 Å². The van der Waals surface area contributed by atoms with Crippen molar-refractivity contribution in [1.29, 1.82) is 0 Å². The summed E-state index contributed by atoms with van der Waals surface area (Å²) in [5.74, 6) is 0.268. The second-order valence-electron chi connectivity index (χ2n) is 5.72. The highest BCUT2D eigenvalue weighted by Crippen LogP contribution is 2.17. The predicted molar refractivity (Wildman–Crippen MR) is 89.7 cm³/mol. The molecule has 1 amide bonds. The second kappa shape index (κ2) is 7.24. The number of aromatic nitrogens is 1. The minimum atomic E-state index is -0.163.